The molecule has 0 bridgehead atoms. The van der Waals surface area contributed by atoms with Gasteiger partial charge in [-0.1, -0.05) is 237 Å². The minimum atomic E-state index is 0.589. The SMILES string of the molecule is c1ccc(-c2cc(-c3ccccc3)nc(-c3cc(-c4ccc(-n5c6ccccc6c6ccccc65)cc4)c(-n4c5ccccc5c5cc(-c6nc(-c7ccccc7)nc(-c7ccccc7)n6)ccc54)c(-c4ccc(-n5c6ccccc6c6ccccc65)cc4)c3)n2)cc1. The van der Waals surface area contributed by atoms with Gasteiger partial charge in [0.2, 0.25) is 0 Å². The van der Waals surface area contributed by atoms with Crippen LogP contribution in [0.25, 0.3) is 173 Å². The first-order valence-electron chi connectivity index (χ1n) is 31.4. The van der Waals surface area contributed by atoms with Gasteiger partial charge in [-0.25, -0.2) is 24.9 Å². The average molecular weight is 1190 g/mol. The zero-order valence-electron chi connectivity index (χ0n) is 50.3. The standard InChI is InChI=1S/C85H54N8/c1-5-23-57(24-6-1)73-54-74(58-25-7-2-8-26-58)87-85(86-73)62-52-70(55-41-46-63(47-42-55)91-75-36-18-13-31-65(75)66-32-14-19-37-76(66)91)81(71(53-62)56-43-48-64(49-44-56)92-77-38-20-15-33-67(77)68-34-16-21-39-78(68)92)93-79-40-22-17-35-69(79)72-51-61(45-50-80(72)93)84-89-82(59-27-9-3-10-28-59)88-83(90-84)60-29-11-4-12-30-60/h1-54H. The monoisotopic (exact) mass is 1190 g/mol. The summed E-state index contributed by atoms with van der Waals surface area (Å²) in [6.45, 7) is 0. The Morgan fingerprint density at radius 1 is 0.183 bits per heavy atom. The van der Waals surface area contributed by atoms with Gasteiger partial charge in [0, 0.05) is 88.2 Å². The van der Waals surface area contributed by atoms with Gasteiger partial charge in [0.05, 0.1) is 50.2 Å². The van der Waals surface area contributed by atoms with Gasteiger partial charge in [-0.05, 0) is 102 Å². The lowest BCUT2D eigenvalue weighted by atomic mass is 9.92. The fourth-order valence-electron chi connectivity index (χ4n) is 13.8. The highest BCUT2D eigenvalue weighted by molar-refractivity contribution is 6.13. The van der Waals surface area contributed by atoms with Crippen LogP contribution in [0.15, 0.2) is 328 Å². The second kappa shape index (κ2) is 22.1. The summed E-state index contributed by atoms with van der Waals surface area (Å²) in [6.07, 6.45) is 0. The first-order valence-corrected chi connectivity index (χ1v) is 31.4. The molecule has 5 aromatic heterocycles. The maximum atomic E-state index is 5.52. The number of hydrogen-bond acceptors (Lipinski definition) is 5. The van der Waals surface area contributed by atoms with Crippen LogP contribution >= 0.6 is 0 Å². The Morgan fingerprint density at radius 3 is 0.882 bits per heavy atom. The zero-order chi connectivity index (χ0) is 61.3. The van der Waals surface area contributed by atoms with E-state index in [1.54, 1.807) is 0 Å². The number of aromatic nitrogens is 8. The molecule has 18 aromatic rings. The molecule has 0 unspecified atom stereocenters. The molecule has 0 saturated carbocycles. The molecule has 0 spiro atoms. The number of fused-ring (bicyclic) bond motifs is 9. The molecule has 0 aliphatic heterocycles. The Balaban J connectivity index is 0.914. The minimum absolute atomic E-state index is 0.589. The quantitative estimate of drug-likeness (QED) is 0.129. The molecule has 0 aliphatic rings. The molecule has 0 radical (unpaired) electrons. The number of rotatable bonds is 11. The summed E-state index contributed by atoms with van der Waals surface area (Å²) in [5, 5.41) is 7.00. The van der Waals surface area contributed by atoms with E-state index in [4.69, 9.17) is 24.9 Å². The molecule has 0 fully saturated rings. The van der Waals surface area contributed by atoms with Crippen molar-refractivity contribution in [2.24, 2.45) is 0 Å². The van der Waals surface area contributed by atoms with E-state index in [-0.39, 0.29) is 0 Å². The van der Waals surface area contributed by atoms with E-state index >= 15 is 0 Å². The largest absolute Gasteiger partial charge is 0.309 e. The van der Waals surface area contributed by atoms with Crippen molar-refractivity contribution >= 4 is 65.4 Å². The lowest BCUT2D eigenvalue weighted by Crippen LogP contribution is -2.04. The molecule has 0 atom stereocenters. The summed E-state index contributed by atoms with van der Waals surface area (Å²) in [6, 6.07) is 116. The predicted octanol–water partition coefficient (Wildman–Crippen LogP) is 21.3. The van der Waals surface area contributed by atoms with Crippen LogP contribution in [0.2, 0.25) is 0 Å². The van der Waals surface area contributed by atoms with Crippen LogP contribution in [-0.4, -0.2) is 38.6 Å². The van der Waals surface area contributed by atoms with Crippen molar-refractivity contribution in [1.82, 2.24) is 38.6 Å². The van der Waals surface area contributed by atoms with E-state index in [9.17, 15) is 0 Å². The van der Waals surface area contributed by atoms with Crippen LogP contribution in [0.5, 0.6) is 0 Å². The van der Waals surface area contributed by atoms with Gasteiger partial charge in [-0.2, -0.15) is 0 Å². The summed E-state index contributed by atoms with van der Waals surface area (Å²) in [7, 11) is 0. The van der Waals surface area contributed by atoms with E-state index in [1.165, 1.54) is 21.5 Å². The number of hydrogen-bond donors (Lipinski definition) is 0. The number of benzene rings is 13. The first kappa shape index (κ1) is 53.4. The maximum absolute atomic E-state index is 5.52. The maximum Gasteiger partial charge on any atom is 0.164 e. The molecule has 18 rings (SSSR count). The molecule has 93 heavy (non-hydrogen) atoms. The van der Waals surface area contributed by atoms with Gasteiger partial charge >= 0.3 is 0 Å². The summed E-state index contributed by atoms with van der Waals surface area (Å²) in [4.78, 5) is 26.5. The van der Waals surface area contributed by atoms with Crippen LogP contribution in [0.1, 0.15) is 0 Å². The Bertz CT molecular complexity index is 5490. The molecular formula is C85H54N8. The smallest absolute Gasteiger partial charge is 0.164 e. The summed E-state index contributed by atoms with van der Waals surface area (Å²) < 4.78 is 7.23. The van der Waals surface area contributed by atoms with Crippen molar-refractivity contribution in [2.75, 3.05) is 0 Å². The van der Waals surface area contributed by atoms with Crippen LogP contribution < -0.4 is 0 Å². The van der Waals surface area contributed by atoms with Gasteiger partial charge in [-0.15, -0.1) is 0 Å². The molecule has 434 valence electrons. The second-order valence-electron chi connectivity index (χ2n) is 23.6. The van der Waals surface area contributed by atoms with Gasteiger partial charge in [0.25, 0.3) is 0 Å². The summed E-state index contributed by atoms with van der Waals surface area (Å²) >= 11 is 0. The highest BCUT2D eigenvalue weighted by atomic mass is 15.0. The molecule has 0 aliphatic carbocycles. The Labute approximate surface area is 536 Å². The molecule has 5 heterocycles. The minimum Gasteiger partial charge on any atom is -0.309 e. The van der Waals surface area contributed by atoms with E-state index < -0.39 is 0 Å². The molecule has 8 nitrogen and oxygen atoms in total. The topological polar surface area (TPSA) is 79.2 Å². The van der Waals surface area contributed by atoms with Gasteiger partial charge in [0.1, 0.15) is 0 Å². The van der Waals surface area contributed by atoms with Crippen molar-refractivity contribution in [3.05, 3.63) is 328 Å². The van der Waals surface area contributed by atoms with Gasteiger partial charge in [0.15, 0.2) is 23.3 Å². The van der Waals surface area contributed by atoms with Crippen molar-refractivity contribution in [1.29, 1.82) is 0 Å². The first-order chi connectivity index (χ1) is 46.1. The normalized spacial score (nSPS) is 11.7. The van der Waals surface area contributed by atoms with Crippen LogP contribution in [0.3, 0.4) is 0 Å². The van der Waals surface area contributed by atoms with Gasteiger partial charge < -0.3 is 13.7 Å². The predicted molar refractivity (Wildman–Crippen MR) is 382 cm³/mol. The lowest BCUT2D eigenvalue weighted by molar-refractivity contribution is 1.07. The van der Waals surface area contributed by atoms with Crippen molar-refractivity contribution in [3.63, 3.8) is 0 Å². The summed E-state index contributed by atoms with van der Waals surface area (Å²) in [5.41, 5.74) is 21.1. The molecule has 0 amide bonds. The third-order valence-corrected chi connectivity index (χ3v) is 18.1. The van der Waals surface area contributed by atoms with E-state index in [0.29, 0.717) is 23.3 Å². The highest BCUT2D eigenvalue weighted by Gasteiger charge is 2.25. The number of para-hydroxylation sites is 5. The highest BCUT2D eigenvalue weighted by Crippen LogP contribution is 2.46. The number of nitrogens with zero attached hydrogens (tertiary/aromatic N) is 8. The molecule has 13 aromatic carbocycles. The third-order valence-electron chi connectivity index (χ3n) is 18.1. The van der Waals surface area contributed by atoms with E-state index in [1.807, 2.05) is 48.5 Å². The summed E-state index contributed by atoms with van der Waals surface area (Å²) in [5.74, 6) is 2.42. The van der Waals surface area contributed by atoms with Crippen LogP contribution in [-0.2, 0) is 0 Å². The molecular weight excluding hydrogens is 1130 g/mol. The van der Waals surface area contributed by atoms with Crippen molar-refractivity contribution in [2.45, 2.75) is 0 Å². The Hall–Kier alpha value is -12.7. The van der Waals surface area contributed by atoms with Crippen LogP contribution in [0, 0.1) is 0 Å². The second-order valence-corrected chi connectivity index (χ2v) is 23.6. The lowest BCUT2D eigenvalue weighted by Gasteiger charge is -2.22. The molecule has 0 N–H and O–H groups in total. The van der Waals surface area contributed by atoms with Crippen LogP contribution in [0.4, 0.5) is 0 Å². The Kier molecular flexibility index (Phi) is 12.7. The zero-order valence-corrected chi connectivity index (χ0v) is 50.3. The third kappa shape index (κ3) is 9.18. The van der Waals surface area contributed by atoms with E-state index in [2.05, 4.69) is 293 Å². The molecule has 8 heteroatoms. The van der Waals surface area contributed by atoms with Crippen molar-refractivity contribution < 1.29 is 0 Å². The van der Waals surface area contributed by atoms with Crippen molar-refractivity contribution in [3.8, 4) is 107 Å². The van der Waals surface area contributed by atoms with Gasteiger partial charge in [-0.3, -0.25) is 0 Å². The van der Waals surface area contributed by atoms with E-state index in [0.717, 1.165) is 128 Å². The fourth-order valence-corrected chi connectivity index (χ4v) is 13.8. The molecule has 0 saturated heterocycles. The fraction of sp³-hybridized carbons (Fsp3) is 0. The average Bonchev–Trinajstić information content (AvgIpc) is 1.73. The Morgan fingerprint density at radius 2 is 0.484 bits per heavy atom.